The summed E-state index contributed by atoms with van der Waals surface area (Å²) in [5, 5.41) is 4.35. The monoisotopic (exact) mass is 632 g/mol. The molecule has 4 nitrogen and oxygen atoms in total. The Labute approximate surface area is 239 Å². The van der Waals surface area contributed by atoms with E-state index >= 15 is 0 Å². The molecule has 3 unspecified atom stereocenters. The van der Waals surface area contributed by atoms with E-state index in [4.69, 9.17) is 18.9 Å². The smallest absolute Gasteiger partial charge is 0.112 e. The second-order valence-corrected chi connectivity index (χ2v) is 13.3. The highest BCUT2D eigenvalue weighted by molar-refractivity contribution is 7.95. The van der Waals surface area contributed by atoms with Crippen LogP contribution in [0, 0.1) is 0 Å². The molecular weight excluding hydrogens is 594 g/mol. The van der Waals surface area contributed by atoms with Crippen molar-refractivity contribution in [3.63, 3.8) is 0 Å². The van der Waals surface area contributed by atoms with E-state index in [-0.39, 0.29) is 42.3 Å². The predicted molar refractivity (Wildman–Crippen MR) is 149 cm³/mol. The van der Waals surface area contributed by atoms with Gasteiger partial charge >= 0.3 is 0 Å². The third-order valence-corrected chi connectivity index (χ3v) is 11.9. The van der Waals surface area contributed by atoms with Crippen molar-refractivity contribution in [2.24, 2.45) is 0 Å². The van der Waals surface area contributed by atoms with Gasteiger partial charge in [0.1, 0.15) is 23.2 Å². The van der Waals surface area contributed by atoms with Crippen molar-refractivity contribution in [1.29, 1.82) is 0 Å². The molecule has 3 aromatic carbocycles. The minimum absolute atomic E-state index is 0. The summed E-state index contributed by atoms with van der Waals surface area (Å²) in [6.45, 7) is 3.37. The first-order valence-corrected chi connectivity index (χ1v) is 15.3. The first-order chi connectivity index (χ1) is 17.9. The van der Waals surface area contributed by atoms with E-state index in [1.165, 1.54) is 15.9 Å². The molecule has 3 aromatic rings. The van der Waals surface area contributed by atoms with Gasteiger partial charge in [0.05, 0.1) is 57.5 Å². The Balaban J connectivity index is 0.00000320. The maximum Gasteiger partial charge on any atom is 0.112 e. The first-order valence-electron chi connectivity index (χ1n) is 13.3. The van der Waals surface area contributed by atoms with Crippen LogP contribution in [-0.2, 0) is 18.9 Å². The molecule has 37 heavy (non-hydrogen) atoms. The van der Waals surface area contributed by atoms with Crippen LogP contribution in [0.15, 0.2) is 91.0 Å². The Morgan fingerprint density at radius 2 is 1.11 bits per heavy atom. The van der Waals surface area contributed by atoms with Crippen molar-refractivity contribution in [3.05, 3.63) is 91.0 Å². The molecule has 0 spiro atoms. The van der Waals surface area contributed by atoms with Gasteiger partial charge in [-0.05, 0) is 55.7 Å². The number of unbranched alkanes of at least 4 members (excludes halogenated alkanes) is 1. The van der Waals surface area contributed by atoms with Crippen LogP contribution in [0.25, 0.3) is 0 Å². The van der Waals surface area contributed by atoms with Gasteiger partial charge in [-0.25, -0.2) is 0 Å². The second-order valence-electron chi connectivity index (χ2n) is 9.66. The third-order valence-electron chi connectivity index (χ3n) is 7.37. The van der Waals surface area contributed by atoms with Gasteiger partial charge < -0.3 is 42.9 Å². The average Bonchev–Trinajstić information content (AvgIpc) is 2.96. The number of hydrogen-bond donors (Lipinski definition) is 0. The van der Waals surface area contributed by atoms with Crippen molar-refractivity contribution in [2.45, 2.75) is 44.0 Å². The van der Waals surface area contributed by atoms with Gasteiger partial charge in [0.15, 0.2) is 0 Å². The summed E-state index contributed by atoms with van der Waals surface area (Å²) in [5.74, 6) is 0. The Bertz CT molecular complexity index is 934. The zero-order chi connectivity index (χ0) is 24.5. The molecule has 5 rings (SSSR count). The Morgan fingerprint density at radius 3 is 1.62 bits per heavy atom. The fourth-order valence-corrected chi connectivity index (χ4v) is 10.0. The van der Waals surface area contributed by atoms with Crippen LogP contribution in [0.4, 0.5) is 0 Å². The van der Waals surface area contributed by atoms with Crippen molar-refractivity contribution in [1.82, 2.24) is 0 Å². The van der Waals surface area contributed by atoms with Gasteiger partial charge in [0.25, 0.3) is 0 Å². The predicted octanol–water partition coefficient (Wildman–Crippen LogP) is 1.74. The molecule has 0 amide bonds. The Morgan fingerprint density at radius 1 is 0.595 bits per heavy atom. The van der Waals surface area contributed by atoms with Crippen LogP contribution in [0.5, 0.6) is 0 Å². The molecule has 0 N–H and O–H groups in total. The molecule has 2 heterocycles. The van der Waals surface area contributed by atoms with Gasteiger partial charge in [0.2, 0.25) is 0 Å². The van der Waals surface area contributed by atoms with E-state index in [2.05, 4.69) is 91.0 Å². The van der Waals surface area contributed by atoms with Gasteiger partial charge in [-0.1, -0.05) is 54.6 Å². The summed E-state index contributed by atoms with van der Waals surface area (Å²) in [4.78, 5) is 0. The molecule has 0 saturated carbocycles. The molecular formula is C31H38IO4P. The highest BCUT2D eigenvalue weighted by Crippen LogP contribution is 2.56. The standard InChI is InChI=1S/C31H38O4P.HI/c1-4-12-27(13-5-1)36(28-14-6-2-7-15-28,29-16-8-3-9-17-29)23-11-10-18-30-31(35-22-21-34-30)24-26-25-32-19-20-33-26;/h1-9,12-17,26,30-31H,10-11,18-25H2;1H/q+1;/p-1. The largest absolute Gasteiger partial charge is 1.00 e. The van der Waals surface area contributed by atoms with Crippen LogP contribution in [-0.4, -0.2) is 57.5 Å². The lowest BCUT2D eigenvalue weighted by Gasteiger charge is -2.35. The van der Waals surface area contributed by atoms with Gasteiger partial charge in [0, 0.05) is 6.42 Å². The summed E-state index contributed by atoms with van der Waals surface area (Å²) in [6, 6.07) is 33.4. The molecule has 0 radical (unpaired) electrons. The Hall–Kier alpha value is -1.34. The molecule has 198 valence electrons. The first kappa shape index (κ1) is 28.7. The minimum atomic E-state index is -1.78. The zero-order valence-corrected chi connectivity index (χ0v) is 24.5. The van der Waals surface area contributed by atoms with E-state index < -0.39 is 7.26 Å². The van der Waals surface area contributed by atoms with E-state index in [0.29, 0.717) is 33.0 Å². The summed E-state index contributed by atoms with van der Waals surface area (Å²) in [5.41, 5.74) is 0. The van der Waals surface area contributed by atoms with Gasteiger partial charge in [-0.3, -0.25) is 0 Å². The van der Waals surface area contributed by atoms with E-state index in [9.17, 15) is 0 Å². The molecule has 2 fully saturated rings. The summed E-state index contributed by atoms with van der Waals surface area (Å²) in [7, 11) is -1.78. The lowest BCUT2D eigenvalue weighted by molar-refractivity contribution is -0.169. The topological polar surface area (TPSA) is 36.9 Å². The number of ether oxygens (including phenoxy) is 4. The minimum Gasteiger partial charge on any atom is -1.00 e. The average molecular weight is 633 g/mol. The lowest BCUT2D eigenvalue weighted by Crippen LogP contribution is -3.00. The maximum atomic E-state index is 6.21. The molecule has 3 atom stereocenters. The number of halogens is 1. The number of benzene rings is 3. The Kier molecular flexibility index (Phi) is 11.4. The molecule has 2 aliphatic rings. The van der Waals surface area contributed by atoms with E-state index in [1.54, 1.807) is 0 Å². The quantitative estimate of drug-likeness (QED) is 0.194. The molecule has 0 bridgehead atoms. The number of rotatable bonds is 10. The molecule has 6 heteroatoms. The number of hydrogen-bond acceptors (Lipinski definition) is 4. The highest BCUT2D eigenvalue weighted by Gasteiger charge is 2.44. The van der Waals surface area contributed by atoms with Crippen LogP contribution in [0.2, 0.25) is 0 Å². The van der Waals surface area contributed by atoms with Crippen LogP contribution >= 0.6 is 7.26 Å². The van der Waals surface area contributed by atoms with Crippen molar-refractivity contribution < 1.29 is 42.9 Å². The van der Waals surface area contributed by atoms with Gasteiger partial charge in [-0.15, -0.1) is 0 Å². The molecule has 2 saturated heterocycles. The zero-order valence-electron chi connectivity index (χ0n) is 21.4. The second kappa shape index (κ2) is 14.7. The van der Waals surface area contributed by atoms with E-state index in [0.717, 1.165) is 31.8 Å². The summed E-state index contributed by atoms with van der Waals surface area (Å²) in [6.07, 6.45) is 5.58. The SMILES string of the molecule is [I-].c1ccc([P+](CCCCC2OCCOC2CC2COCCO2)(c2ccccc2)c2ccccc2)cc1. The highest BCUT2D eigenvalue weighted by atomic mass is 127. The molecule has 0 aromatic heterocycles. The van der Waals surface area contributed by atoms with Crippen LogP contribution < -0.4 is 39.9 Å². The lowest BCUT2D eigenvalue weighted by atomic mass is 10.0. The fraction of sp³-hybridized carbons (Fsp3) is 0.419. The molecule has 2 aliphatic heterocycles. The fourth-order valence-electron chi connectivity index (χ4n) is 5.61. The van der Waals surface area contributed by atoms with Crippen LogP contribution in [0.3, 0.4) is 0 Å². The van der Waals surface area contributed by atoms with E-state index in [1.807, 2.05) is 0 Å². The maximum absolute atomic E-state index is 6.21. The summed E-state index contributed by atoms with van der Waals surface area (Å²) < 4.78 is 23.8. The molecule has 0 aliphatic carbocycles. The summed E-state index contributed by atoms with van der Waals surface area (Å²) >= 11 is 0. The van der Waals surface area contributed by atoms with Crippen molar-refractivity contribution in [2.75, 3.05) is 39.2 Å². The normalized spacial score (nSPS) is 22.2. The van der Waals surface area contributed by atoms with Crippen molar-refractivity contribution in [3.8, 4) is 0 Å². The van der Waals surface area contributed by atoms with Crippen LogP contribution in [0.1, 0.15) is 25.7 Å². The van der Waals surface area contributed by atoms with Gasteiger partial charge in [-0.2, -0.15) is 0 Å². The third kappa shape index (κ3) is 7.20. The van der Waals surface area contributed by atoms with Crippen molar-refractivity contribution >= 4 is 23.2 Å².